The molecule has 5 rings (SSSR count). The van der Waals surface area contributed by atoms with Crippen LogP contribution >= 0.6 is 11.8 Å². The summed E-state index contributed by atoms with van der Waals surface area (Å²) >= 11 is 1.54. The van der Waals surface area contributed by atoms with Crippen molar-refractivity contribution in [1.29, 1.82) is 0 Å². The molecule has 0 amide bonds. The Morgan fingerprint density at radius 3 is 2.48 bits per heavy atom. The van der Waals surface area contributed by atoms with Crippen molar-refractivity contribution < 1.29 is 4.79 Å². The van der Waals surface area contributed by atoms with Gasteiger partial charge in [-0.1, -0.05) is 104 Å². The number of nitrogens with zero attached hydrogens (tertiary/aromatic N) is 3. The van der Waals surface area contributed by atoms with Crippen molar-refractivity contribution in [1.82, 2.24) is 14.8 Å². The van der Waals surface area contributed by atoms with Gasteiger partial charge in [0.1, 0.15) is 5.82 Å². The summed E-state index contributed by atoms with van der Waals surface area (Å²) in [6, 6.07) is 24.9. The third-order valence-electron chi connectivity index (χ3n) is 6.61. The Morgan fingerprint density at radius 2 is 1.67 bits per heavy atom. The van der Waals surface area contributed by atoms with Crippen LogP contribution < -0.4 is 0 Å². The van der Waals surface area contributed by atoms with Gasteiger partial charge in [0.2, 0.25) is 0 Å². The predicted molar refractivity (Wildman–Crippen MR) is 135 cm³/mol. The molecule has 168 valence electrons. The van der Waals surface area contributed by atoms with E-state index in [1.54, 1.807) is 11.8 Å². The molecule has 4 aromatic rings. The standard InChI is InChI=1S/C28H29N3OS/c1-20(27(32)22-12-4-2-5-13-22)33-28-30-29-26(31(28)24-16-6-3-7-17-24)19-23-15-10-14-21-11-8-9-18-25(21)23/h2,4-5,8-15,18,20,24H,3,6-7,16-17,19H2,1H3. The van der Waals surface area contributed by atoms with E-state index in [0.717, 1.165) is 35.8 Å². The first-order valence-electron chi connectivity index (χ1n) is 11.9. The fourth-order valence-corrected chi connectivity index (χ4v) is 5.90. The van der Waals surface area contributed by atoms with Crippen LogP contribution in [-0.2, 0) is 6.42 Å². The molecule has 1 heterocycles. The van der Waals surface area contributed by atoms with Crippen molar-refractivity contribution in [2.45, 2.75) is 61.9 Å². The Bertz CT molecular complexity index is 1240. The molecular weight excluding hydrogens is 426 g/mol. The summed E-state index contributed by atoms with van der Waals surface area (Å²) in [7, 11) is 0. The lowest BCUT2D eigenvalue weighted by molar-refractivity contribution is 0.0993. The third kappa shape index (κ3) is 4.74. The van der Waals surface area contributed by atoms with Crippen molar-refractivity contribution in [2.75, 3.05) is 0 Å². The summed E-state index contributed by atoms with van der Waals surface area (Å²) in [6.45, 7) is 1.98. The van der Waals surface area contributed by atoms with E-state index in [2.05, 4.69) is 57.2 Å². The number of ketones is 1. The second-order valence-electron chi connectivity index (χ2n) is 8.87. The van der Waals surface area contributed by atoms with Gasteiger partial charge in [-0.05, 0) is 36.1 Å². The molecule has 1 aliphatic rings. The predicted octanol–water partition coefficient (Wildman–Crippen LogP) is 6.89. The molecule has 1 aliphatic carbocycles. The van der Waals surface area contributed by atoms with Crippen LogP contribution in [0.1, 0.15) is 66.8 Å². The average molecular weight is 456 g/mol. The highest BCUT2D eigenvalue weighted by Gasteiger charge is 2.26. The minimum Gasteiger partial charge on any atom is -0.303 e. The first-order valence-corrected chi connectivity index (χ1v) is 12.7. The average Bonchev–Trinajstić information content (AvgIpc) is 3.26. The first-order chi connectivity index (χ1) is 16.2. The molecule has 33 heavy (non-hydrogen) atoms. The van der Waals surface area contributed by atoms with Crippen LogP contribution in [0.25, 0.3) is 10.8 Å². The number of benzene rings is 3. The molecule has 1 fully saturated rings. The summed E-state index contributed by atoms with van der Waals surface area (Å²) in [5.74, 6) is 1.13. The van der Waals surface area contributed by atoms with Crippen LogP contribution in [0.2, 0.25) is 0 Å². The van der Waals surface area contributed by atoms with Crippen molar-refractivity contribution in [3.8, 4) is 0 Å². The quantitative estimate of drug-likeness (QED) is 0.225. The van der Waals surface area contributed by atoms with Gasteiger partial charge in [-0.25, -0.2) is 0 Å². The molecule has 4 nitrogen and oxygen atoms in total. The second kappa shape index (κ2) is 9.92. The number of hydrogen-bond acceptors (Lipinski definition) is 4. The Labute approximate surface area is 199 Å². The largest absolute Gasteiger partial charge is 0.303 e. The van der Waals surface area contributed by atoms with Crippen molar-refractivity contribution >= 4 is 28.3 Å². The Hall–Kier alpha value is -2.92. The molecule has 5 heteroatoms. The maximum Gasteiger partial charge on any atom is 0.192 e. The minimum absolute atomic E-state index is 0.134. The Balaban J connectivity index is 1.46. The summed E-state index contributed by atoms with van der Waals surface area (Å²) in [5.41, 5.74) is 2.01. The second-order valence-corrected chi connectivity index (χ2v) is 10.2. The van der Waals surface area contributed by atoms with E-state index in [-0.39, 0.29) is 11.0 Å². The zero-order valence-corrected chi connectivity index (χ0v) is 19.8. The molecule has 3 aromatic carbocycles. The summed E-state index contributed by atoms with van der Waals surface area (Å²) in [6.07, 6.45) is 6.80. The number of carbonyl (C=O) groups excluding carboxylic acids is 1. The zero-order valence-electron chi connectivity index (χ0n) is 19.0. The smallest absolute Gasteiger partial charge is 0.192 e. The normalized spacial score (nSPS) is 15.5. The van der Waals surface area contributed by atoms with Crippen LogP contribution in [0.5, 0.6) is 0 Å². The molecule has 1 aromatic heterocycles. The zero-order chi connectivity index (χ0) is 22.6. The highest BCUT2D eigenvalue weighted by molar-refractivity contribution is 8.00. The number of rotatable bonds is 7. The van der Waals surface area contributed by atoms with Crippen molar-refractivity contribution in [3.05, 3.63) is 89.7 Å². The van der Waals surface area contributed by atoms with Gasteiger partial charge >= 0.3 is 0 Å². The van der Waals surface area contributed by atoms with E-state index in [1.165, 1.54) is 35.6 Å². The van der Waals surface area contributed by atoms with Crippen LogP contribution in [0.3, 0.4) is 0 Å². The number of aromatic nitrogens is 3. The van der Waals surface area contributed by atoms with Crippen molar-refractivity contribution in [3.63, 3.8) is 0 Å². The number of carbonyl (C=O) groups is 1. The lowest BCUT2D eigenvalue weighted by Crippen LogP contribution is -2.19. The lowest BCUT2D eigenvalue weighted by Gasteiger charge is -2.26. The molecule has 0 saturated heterocycles. The molecule has 1 unspecified atom stereocenters. The highest BCUT2D eigenvalue weighted by Crippen LogP contribution is 2.35. The van der Waals surface area contributed by atoms with Gasteiger partial charge in [0.25, 0.3) is 0 Å². The van der Waals surface area contributed by atoms with Crippen LogP contribution in [0.4, 0.5) is 0 Å². The molecule has 0 spiro atoms. The third-order valence-corrected chi connectivity index (χ3v) is 7.67. The molecule has 0 aliphatic heterocycles. The molecule has 0 bridgehead atoms. The fraction of sp³-hybridized carbons (Fsp3) is 0.321. The van der Waals surface area contributed by atoms with E-state index in [0.29, 0.717) is 6.04 Å². The maximum atomic E-state index is 13.0. The van der Waals surface area contributed by atoms with Gasteiger partial charge in [0.15, 0.2) is 10.9 Å². The number of fused-ring (bicyclic) bond motifs is 1. The van der Waals surface area contributed by atoms with Gasteiger partial charge in [-0.3, -0.25) is 4.79 Å². The van der Waals surface area contributed by atoms with E-state index < -0.39 is 0 Å². The molecule has 1 atom stereocenters. The van der Waals surface area contributed by atoms with E-state index >= 15 is 0 Å². The van der Waals surface area contributed by atoms with E-state index in [1.807, 2.05) is 37.3 Å². The summed E-state index contributed by atoms with van der Waals surface area (Å²) in [4.78, 5) is 13.0. The van der Waals surface area contributed by atoms with Gasteiger partial charge < -0.3 is 4.57 Å². The van der Waals surface area contributed by atoms with Crippen molar-refractivity contribution in [2.24, 2.45) is 0 Å². The first kappa shape index (κ1) is 21.9. The van der Waals surface area contributed by atoms with E-state index in [9.17, 15) is 4.79 Å². The topological polar surface area (TPSA) is 47.8 Å². The van der Waals surface area contributed by atoms with E-state index in [4.69, 9.17) is 0 Å². The van der Waals surface area contributed by atoms with Gasteiger partial charge in [-0.15, -0.1) is 10.2 Å². The number of Topliss-reactive ketones (excluding diaryl/α,β-unsaturated/α-hetero) is 1. The van der Waals surface area contributed by atoms with Gasteiger partial charge in [0.05, 0.1) is 5.25 Å². The molecule has 0 N–H and O–H groups in total. The lowest BCUT2D eigenvalue weighted by atomic mass is 9.95. The minimum atomic E-state index is -0.218. The SMILES string of the molecule is CC(Sc1nnc(Cc2cccc3ccccc23)n1C1CCCCC1)C(=O)c1ccccc1. The summed E-state index contributed by atoms with van der Waals surface area (Å²) in [5, 5.41) is 12.4. The van der Waals surface area contributed by atoms with Gasteiger partial charge in [0, 0.05) is 18.0 Å². The van der Waals surface area contributed by atoms with Crippen LogP contribution in [0.15, 0.2) is 78.0 Å². The summed E-state index contributed by atoms with van der Waals surface area (Å²) < 4.78 is 2.35. The molecule has 1 saturated carbocycles. The monoisotopic (exact) mass is 455 g/mol. The molecular formula is C28H29N3OS. The number of thioether (sulfide) groups is 1. The number of hydrogen-bond donors (Lipinski definition) is 0. The molecule has 0 radical (unpaired) electrons. The van der Waals surface area contributed by atoms with Crippen LogP contribution in [-0.4, -0.2) is 25.8 Å². The highest BCUT2D eigenvalue weighted by atomic mass is 32.2. The van der Waals surface area contributed by atoms with Crippen LogP contribution in [0, 0.1) is 0 Å². The maximum absolute atomic E-state index is 13.0. The fourth-order valence-electron chi connectivity index (χ4n) is 4.88. The Kier molecular flexibility index (Phi) is 6.58. The van der Waals surface area contributed by atoms with Gasteiger partial charge in [-0.2, -0.15) is 0 Å². The Morgan fingerprint density at radius 1 is 0.939 bits per heavy atom.